The molecule has 1 nitrogen and oxygen atoms in total. The number of hydrogen-bond donors (Lipinski definition) is 1. The molecule has 0 aliphatic carbocycles. The van der Waals surface area contributed by atoms with E-state index >= 15 is 0 Å². The molecule has 0 aromatic heterocycles. The van der Waals surface area contributed by atoms with Crippen LogP contribution in [0.5, 0.6) is 5.75 Å². The van der Waals surface area contributed by atoms with Crippen molar-refractivity contribution in [3.8, 4) is 5.75 Å². The van der Waals surface area contributed by atoms with E-state index in [2.05, 4.69) is 40.7 Å². The third kappa shape index (κ3) is 3.55. The number of phenols is 1. The van der Waals surface area contributed by atoms with Crippen LogP contribution in [0.2, 0.25) is 0 Å². The summed E-state index contributed by atoms with van der Waals surface area (Å²) in [5.74, 6) is 1.69. The number of aryl methyl sites for hydroxylation is 1. The Balaban J connectivity index is 2.97. The highest BCUT2D eigenvalue weighted by Gasteiger charge is 2.09. The van der Waals surface area contributed by atoms with Gasteiger partial charge in [0.25, 0.3) is 0 Å². The molecule has 1 heteroatoms. The summed E-state index contributed by atoms with van der Waals surface area (Å²) in [6.45, 7) is 10.9. The third-order valence-corrected chi connectivity index (χ3v) is 2.79. The van der Waals surface area contributed by atoms with Gasteiger partial charge in [-0.05, 0) is 54.4 Å². The van der Waals surface area contributed by atoms with Gasteiger partial charge in [0.15, 0.2) is 0 Å². The van der Waals surface area contributed by atoms with Crippen molar-refractivity contribution in [2.24, 2.45) is 11.8 Å². The highest BCUT2D eigenvalue weighted by molar-refractivity contribution is 5.41. The van der Waals surface area contributed by atoms with Crippen LogP contribution in [0.25, 0.3) is 0 Å². The molecule has 0 bridgehead atoms. The van der Waals surface area contributed by atoms with E-state index < -0.39 is 0 Å². The maximum absolute atomic E-state index is 9.98. The number of aromatic hydroxyl groups is 1. The Bertz CT molecular complexity index is 315. The van der Waals surface area contributed by atoms with Crippen LogP contribution in [0, 0.1) is 18.8 Å². The molecule has 1 rings (SSSR count). The molecular formula is C15H24O. The van der Waals surface area contributed by atoms with Crippen LogP contribution >= 0.6 is 0 Å². The van der Waals surface area contributed by atoms with Gasteiger partial charge in [0, 0.05) is 0 Å². The molecule has 0 saturated heterocycles. The Morgan fingerprint density at radius 3 is 1.94 bits per heavy atom. The number of benzene rings is 1. The monoisotopic (exact) mass is 220 g/mol. The van der Waals surface area contributed by atoms with Crippen molar-refractivity contribution < 1.29 is 5.11 Å². The lowest BCUT2D eigenvalue weighted by Crippen LogP contribution is -2.00. The largest absolute Gasteiger partial charge is 0.508 e. The van der Waals surface area contributed by atoms with Crippen molar-refractivity contribution in [3.05, 3.63) is 28.8 Å². The average Bonchev–Trinajstić information content (AvgIpc) is 2.11. The van der Waals surface area contributed by atoms with Crippen LogP contribution < -0.4 is 0 Å². The minimum Gasteiger partial charge on any atom is -0.508 e. The molecule has 0 spiro atoms. The van der Waals surface area contributed by atoms with Crippen LogP contribution in [0.3, 0.4) is 0 Å². The van der Waals surface area contributed by atoms with Gasteiger partial charge in [-0.15, -0.1) is 0 Å². The van der Waals surface area contributed by atoms with Gasteiger partial charge in [-0.3, -0.25) is 0 Å². The Hall–Kier alpha value is -0.980. The van der Waals surface area contributed by atoms with E-state index in [1.165, 1.54) is 11.1 Å². The first-order valence-electron chi connectivity index (χ1n) is 6.21. The summed E-state index contributed by atoms with van der Waals surface area (Å²) in [6, 6.07) is 4.10. The second-order valence-corrected chi connectivity index (χ2v) is 5.60. The van der Waals surface area contributed by atoms with Gasteiger partial charge in [-0.1, -0.05) is 33.8 Å². The van der Waals surface area contributed by atoms with Gasteiger partial charge < -0.3 is 5.11 Å². The molecule has 0 aliphatic rings. The molecule has 1 aromatic rings. The molecule has 1 N–H and O–H groups in total. The second-order valence-electron chi connectivity index (χ2n) is 5.60. The lowest BCUT2D eigenvalue weighted by molar-refractivity contribution is 0.460. The van der Waals surface area contributed by atoms with Crippen molar-refractivity contribution in [1.29, 1.82) is 0 Å². The van der Waals surface area contributed by atoms with Gasteiger partial charge in [0.2, 0.25) is 0 Å². The zero-order valence-corrected chi connectivity index (χ0v) is 11.2. The van der Waals surface area contributed by atoms with E-state index in [0.29, 0.717) is 17.6 Å². The standard InChI is InChI=1S/C15H24O/c1-10(2)6-13-9-15(16)14(7-11(3)4)8-12(13)5/h8-11,16H,6-7H2,1-5H3. The lowest BCUT2D eigenvalue weighted by Gasteiger charge is -2.14. The third-order valence-electron chi connectivity index (χ3n) is 2.79. The Labute approximate surface area is 99.5 Å². The van der Waals surface area contributed by atoms with Gasteiger partial charge in [-0.25, -0.2) is 0 Å². The van der Waals surface area contributed by atoms with Crippen molar-refractivity contribution in [2.75, 3.05) is 0 Å². The van der Waals surface area contributed by atoms with Crippen molar-refractivity contribution >= 4 is 0 Å². The Morgan fingerprint density at radius 2 is 1.44 bits per heavy atom. The van der Waals surface area contributed by atoms with E-state index in [1.807, 2.05) is 6.07 Å². The molecule has 1 aromatic carbocycles. The predicted octanol–water partition coefficient (Wildman–Crippen LogP) is 4.10. The van der Waals surface area contributed by atoms with Crippen LogP contribution in [0.15, 0.2) is 12.1 Å². The summed E-state index contributed by atoms with van der Waals surface area (Å²) < 4.78 is 0. The smallest absolute Gasteiger partial charge is 0.119 e. The molecule has 0 saturated carbocycles. The molecule has 0 atom stereocenters. The zero-order chi connectivity index (χ0) is 12.3. The van der Waals surface area contributed by atoms with Gasteiger partial charge in [-0.2, -0.15) is 0 Å². The fourth-order valence-corrected chi connectivity index (χ4v) is 2.06. The molecular weight excluding hydrogens is 196 g/mol. The SMILES string of the molecule is Cc1cc(CC(C)C)c(O)cc1CC(C)C. The summed E-state index contributed by atoms with van der Waals surface area (Å²) >= 11 is 0. The number of phenolic OH excluding ortho intramolecular Hbond substituents is 1. The zero-order valence-electron chi connectivity index (χ0n) is 11.2. The number of rotatable bonds is 4. The molecule has 0 radical (unpaired) electrons. The summed E-state index contributed by atoms with van der Waals surface area (Å²) in [5, 5.41) is 9.98. The normalized spacial score (nSPS) is 11.4. The van der Waals surface area contributed by atoms with Gasteiger partial charge >= 0.3 is 0 Å². The van der Waals surface area contributed by atoms with Crippen LogP contribution in [-0.2, 0) is 12.8 Å². The summed E-state index contributed by atoms with van der Waals surface area (Å²) in [6.07, 6.45) is 2.00. The van der Waals surface area contributed by atoms with Crippen LogP contribution in [0.4, 0.5) is 0 Å². The first kappa shape index (κ1) is 13.1. The Morgan fingerprint density at radius 1 is 0.938 bits per heavy atom. The maximum Gasteiger partial charge on any atom is 0.119 e. The summed E-state index contributed by atoms with van der Waals surface area (Å²) in [5.41, 5.74) is 3.67. The molecule has 0 unspecified atom stereocenters. The topological polar surface area (TPSA) is 20.2 Å². The average molecular weight is 220 g/mol. The fraction of sp³-hybridized carbons (Fsp3) is 0.600. The van der Waals surface area contributed by atoms with E-state index in [-0.39, 0.29) is 0 Å². The summed E-state index contributed by atoms with van der Waals surface area (Å²) in [4.78, 5) is 0. The van der Waals surface area contributed by atoms with Crippen molar-refractivity contribution in [1.82, 2.24) is 0 Å². The Kier molecular flexibility index (Phi) is 4.40. The molecule has 0 fully saturated rings. The molecule has 0 aliphatic heterocycles. The lowest BCUT2D eigenvalue weighted by atomic mass is 9.93. The molecule has 16 heavy (non-hydrogen) atoms. The predicted molar refractivity (Wildman–Crippen MR) is 69.9 cm³/mol. The fourth-order valence-electron chi connectivity index (χ4n) is 2.06. The summed E-state index contributed by atoms with van der Waals surface area (Å²) in [7, 11) is 0. The first-order valence-corrected chi connectivity index (χ1v) is 6.21. The van der Waals surface area contributed by atoms with Crippen LogP contribution in [0.1, 0.15) is 44.4 Å². The number of hydrogen-bond acceptors (Lipinski definition) is 1. The first-order chi connectivity index (χ1) is 7.40. The highest BCUT2D eigenvalue weighted by Crippen LogP contribution is 2.26. The van der Waals surface area contributed by atoms with Gasteiger partial charge in [0.05, 0.1) is 0 Å². The molecule has 90 valence electrons. The maximum atomic E-state index is 9.98. The van der Waals surface area contributed by atoms with E-state index in [4.69, 9.17) is 0 Å². The quantitative estimate of drug-likeness (QED) is 0.810. The highest BCUT2D eigenvalue weighted by atomic mass is 16.3. The van der Waals surface area contributed by atoms with E-state index in [1.54, 1.807) is 0 Å². The van der Waals surface area contributed by atoms with Gasteiger partial charge in [0.1, 0.15) is 5.75 Å². The molecule has 0 heterocycles. The minimum atomic E-state index is 0.468. The van der Waals surface area contributed by atoms with Crippen molar-refractivity contribution in [3.63, 3.8) is 0 Å². The minimum absolute atomic E-state index is 0.468. The van der Waals surface area contributed by atoms with E-state index in [9.17, 15) is 5.11 Å². The second kappa shape index (κ2) is 5.38. The van der Waals surface area contributed by atoms with Crippen LogP contribution in [-0.4, -0.2) is 5.11 Å². The van der Waals surface area contributed by atoms with E-state index in [0.717, 1.165) is 18.4 Å². The van der Waals surface area contributed by atoms with Crippen molar-refractivity contribution in [2.45, 2.75) is 47.5 Å². The molecule has 0 amide bonds.